The molecule has 0 aliphatic carbocycles. The number of hydrogen-bond acceptors (Lipinski definition) is 3. The van der Waals surface area contributed by atoms with E-state index in [-0.39, 0.29) is 6.61 Å². The molecule has 0 aliphatic rings. The van der Waals surface area contributed by atoms with Crippen molar-refractivity contribution < 1.29 is 13.7 Å². The second-order valence-corrected chi connectivity index (χ2v) is 3.16. The molecule has 0 spiro atoms. The van der Waals surface area contributed by atoms with E-state index < -0.39 is 16.3 Å². The van der Waals surface area contributed by atoms with Gasteiger partial charge in [0.25, 0.3) is 0 Å². The van der Waals surface area contributed by atoms with Crippen molar-refractivity contribution in [3.8, 4) is 0 Å². The Balaban J connectivity index is 3.82. The molecule has 0 N–H and O–H groups in total. The molecule has 0 heterocycles. The number of carbonyl (C=O) groups is 1. The molecular weight excluding hydrogens is 178 g/mol. The van der Waals surface area contributed by atoms with Gasteiger partial charge in [-0.25, -0.2) is 13.3 Å². The maximum Gasteiger partial charge on any atom is 0.422 e. The van der Waals surface area contributed by atoms with E-state index in [0.717, 1.165) is 4.31 Å². The van der Waals surface area contributed by atoms with Crippen molar-refractivity contribution in [2.45, 2.75) is 6.92 Å². The monoisotopic (exact) mass is 185 g/mol. The Morgan fingerprint density at radius 1 is 1.80 bits per heavy atom. The molecule has 0 aromatic carbocycles. The fourth-order valence-corrected chi connectivity index (χ4v) is 0.612. The first kappa shape index (κ1) is 9.71. The Hall–Kier alpha value is -0.290. The third-order valence-corrected chi connectivity index (χ3v) is 1.94. The number of amides is 1. The first-order chi connectivity index (χ1) is 4.59. The van der Waals surface area contributed by atoms with E-state index in [1.807, 2.05) is 0 Å². The second-order valence-electron chi connectivity index (χ2n) is 1.40. The van der Waals surface area contributed by atoms with Gasteiger partial charge in [-0.3, -0.25) is 0 Å². The van der Waals surface area contributed by atoms with Crippen LogP contribution in [0.15, 0.2) is 0 Å². The molecule has 0 bridgehead atoms. The fourth-order valence-electron chi connectivity index (χ4n) is 0.273. The zero-order chi connectivity index (χ0) is 8.15. The molecule has 0 aliphatic heterocycles. The molecule has 0 radical (unpaired) electrons. The zero-order valence-corrected chi connectivity index (χ0v) is 7.24. The summed E-state index contributed by atoms with van der Waals surface area (Å²) in [5, 5.41) is 0. The number of ether oxygens (including phenoxy) is 1. The van der Waals surface area contributed by atoms with Gasteiger partial charge in [0, 0.05) is 17.7 Å². The summed E-state index contributed by atoms with van der Waals surface area (Å²) < 4.78 is 15.6. The zero-order valence-electron chi connectivity index (χ0n) is 5.67. The molecule has 0 fully saturated rings. The van der Waals surface area contributed by atoms with Gasteiger partial charge in [0.1, 0.15) is 0 Å². The minimum absolute atomic E-state index is 0.247. The van der Waals surface area contributed by atoms with Gasteiger partial charge < -0.3 is 4.74 Å². The van der Waals surface area contributed by atoms with Gasteiger partial charge in [-0.1, -0.05) is 0 Å². The van der Waals surface area contributed by atoms with Crippen molar-refractivity contribution in [1.29, 1.82) is 0 Å². The Morgan fingerprint density at radius 2 is 2.30 bits per heavy atom. The van der Waals surface area contributed by atoms with E-state index >= 15 is 0 Å². The molecule has 60 valence electrons. The predicted molar refractivity (Wildman–Crippen MR) is 38.8 cm³/mol. The highest BCUT2D eigenvalue weighted by molar-refractivity contribution is 8.06. The third kappa shape index (κ3) is 3.03. The first-order valence-corrected chi connectivity index (χ1v) is 4.51. The molecule has 10 heavy (non-hydrogen) atoms. The maximum absolute atomic E-state index is 10.6. The molecule has 0 aromatic heterocycles. The van der Waals surface area contributed by atoms with Crippen LogP contribution in [-0.2, 0) is 14.9 Å². The highest BCUT2D eigenvalue weighted by Gasteiger charge is 2.13. The van der Waals surface area contributed by atoms with Crippen LogP contribution < -0.4 is 0 Å². The Morgan fingerprint density at radius 3 is 2.60 bits per heavy atom. The summed E-state index contributed by atoms with van der Waals surface area (Å²) in [6.45, 7) is 1.90. The number of hydrogen-bond donors (Lipinski definition) is 0. The molecule has 4 nitrogen and oxygen atoms in total. The first-order valence-electron chi connectivity index (χ1n) is 2.58. The van der Waals surface area contributed by atoms with Crippen LogP contribution in [0.3, 0.4) is 0 Å². The lowest BCUT2D eigenvalue weighted by Crippen LogP contribution is -2.26. The van der Waals surface area contributed by atoms with Gasteiger partial charge in [0.2, 0.25) is 10.2 Å². The van der Waals surface area contributed by atoms with Crippen molar-refractivity contribution in [2.75, 3.05) is 13.7 Å². The Bertz CT molecular complexity index is 151. The lowest BCUT2D eigenvalue weighted by Gasteiger charge is -2.09. The lowest BCUT2D eigenvalue weighted by atomic mass is 10.9. The van der Waals surface area contributed by atoms with Gasteiger partial charge in [-0.05, 0) is 6.92 Å². The second kappa shape index (κ2) is 4.51. The van der Waals surface area contributed by atoms with Gasteiger partial charge in [0.05, 0.1) is 6.61 Å². The van der Waals surface area contributed by atoms with E-state index in [2.05, 4.69) is 4.74 Å². The number of halogens is 1. The molecule has 0 saturated carbocycles. The van der Waals surface area contributed by atoms with Crippen LogP contribution >= 0.6 is 10.7 Å². The summed E-state index contributed by atoms with van der Waals surface area (Å²) in [7, 11) is 4.54. The van der Waals surface area contributed by atoms with Crippen LogP contribution in [0.4, 0.5) is 4.79 Å². The molecule has 0 rings (SSSR count). The summed E-state index contributed by atoms with van der Waals surface area (Å²) in [4.78, 5) is 10.6. The van der Waals surface area contributed by atoms with E-state index in [1.54, 1.807) is 6.92 Å². The van der Waals surface area contributed by atoms with Crippen molar-refractivity contribution in [3.05, 3.63) is 0 Å². The molecule has 1 atom stereocenters. The van der Waals surface area contributed by atoms with Crippen LogP contribution in [0, 0.1) is 0 Å². The van der Waals surface area contributed by atoms with Gasteiger partial charge in [0.15, 0.2) is 0 Å². The summed E-state index contributed by atoms with van der Waals surface area (Å²) >= 11 is 0. The average molecular weight is 186 g/mol. The number of carbonyl (C=O) groups excluding carboxylic acids is 1. The van der Waals surface area contributed by atoms with Gasteiger partial charge >= 0.3 is 6.09 Å². The van der Waals surface area contributed by atoms with E-state index in [4.69, 9.17) is 10.7 Å². The maximum atomic E-state index is 10.6. The predicted octanol–water partition coefficient (Wildman–Crippen LogP) is 0.892. The standard InChI is InChI=1S/C4H8ClNO3S/c1-3-9-4(7)6(2)10(5)8/h3H2,1-2H3. The average Bonchev–Trinajstić information content (AvgIpc) is 1.87. The van der Waals surface area contributed by atoms with E-state index in [0.29, 0.717) is 0 Å². The summed E-state index contributed by atoms with van der Waals surface area (Å²) in [6, 6.07) is 0. The van der Waals surface area contributed by atoms with Crippen molar-refractivity contribution >= 4 is 27.0 Å². The third-order valence-electron chi connectivity index (χ3n) is 0.740. The minimum atomic E-state index is -1.81. The topological polar surface area (TPSA) is 46.6 Å². The highest BCUT2D eigenvalue weighted by Crippen LogP contribution is 1.98. The molecule has 1 amide bonds. The molecule has 0 saturated heterocycles. The van der Waals surface area contributed by atoms with Gasteiger partial charge in [-0.2, -0.15) is 0 Å². The van der Waals surface area contributed by atoms with E-state index in [9.17, 15) is 9.00 Å². The minimum Gasteiger partial charge on any atom is -0.449 e. The van der Waals surface area contributed by atoms with Crippen molar-refractivity contribution in [1.82, 2.24) is 4.31 Å². The fraction of sp³-hybridized carbons (Fsp3) is 0.750. The van der Waals surface area contributed by atoms with Crippen LogP contribution in [0.2, 0.25) is 0 Å². The normalized spacial score (nSPS) is 12.3. The summed E-state index contributed by atoms with van der Waals surface area (Å²) in [5.41, 5.74) is 0. The molecule has 6 heteroatoms. The van der Waals surface area contributed by atoms with Crippen LogP contribution in [0.1, 0.15) is 6.92 Å². The van der Waals surface area contributed by atoms with Crippen molar-refractivity contribution in [3.63, 3.8) is 0 Å². The number of rotatable bonds is 2. The molecule has 0 aromatic rings. The quantitative estimate of drug-likeness (QED) is 0.601. The largest absolute Gasteiger partial charge is 0.449 e. The van der Waals surface area contributed by atoms with Crippen molar-refractivity contribution in [2.24, 2.45) is 0 Å². The highest BCUT2D eigenvalue weighted by atomic mass is 35.7. The molecular formula is C4H8ClNO3S. The smallest absolute Gasteiger partial charge is 0.422 e. The van der Waals surface area contributed by atoms with Crippen LogP contribution in [0.25, 0.3) is 0 Å². The van der Waals surface area contributed by atoms with Gasteiger partial charge in [-0.15, -0.1) is 0 Å². The lowest BCUT2D eigenvalue weighted by molar-refractivity contribution is 0.138. The summed E-state index contributed by atoms with van der Waals surface area (Å²) in [6.07, 6.45) is -0.684. The summed E-state index contributed by atoms with van der Waals surface area (Å²) in [5.74, 6) is 0. The van der Waals surface area contributed by atoms with Crippen LogP contribution in [0.5, 0.6) is 0 Å². The SMILES string of the molecule is CCOC(=O)N(C)S(=O)Cl. The molecule has 1 unspecified atom stereocenters. The Kier molecular flexibility index (Phi) is 4.38. The number of nitrogens with zero attached hydrogens (tertiary/aromatic N) is 1. The van der Waals surface area contributed by atoms with E-state index in [1.165, 1.54) is 7.05 Å². The van der Waals surface area contributed by atoms with Crippen LogP contribution in [-0.4, -0.2) is 28.3 Å². The Labute approximate surface area is 66.2 Å².